The van der Waals surface area contributed by atoms with E-state index in [9.17, 15) is 9.59 Å². The van der Waals surface area contributed by atoms with Crippen LogP contribution in [0.3, 0.4) is 0 Å². The lowest BCUT2D eigenvalue weighted by Crippen LogP contribution is -2.31. The lowest BCUT2D eigenvalue weighted by atomic mass is 9.99. The minimum absolute atomic E-state index is 0.355. The molecule has 150 valence electrons. The fourth-order valence-electron chi connectivity index (χ4n) is 3.45. The summed E-state index contributed by atoms with van der Waals surface area (Å²) in [5.74, 6) is -0.772. The fraction of sp³-hybridized carbons (Fsp3) is 0.0833. The zero-order valence-corrected chi connectivity index (χ0v) is 18.6. The predicted octanol–water partition coefficient (Wildman–Crippen LogP) is 6.69. The average molecular weight is 454 g/mol. The number of imide groups is 1. The first-order valence-corrected chi connectivity index (χ1v) is 10.8. The number of hydrogen-bond donors (Lipinski definition) is 0. The van der Waals surface area contributed by atoms with Crippen LogP contribution in [-0.4, -0.2) is 11.8 Å². The van der Waals surface area contributed by atoms with Gasteiger partial charge in [-0.1, -0.05) is 76.9 Å². The first-order valence-electron chi connectivity index (χ1n) is 9.25. The highest BCUT2D eigenvalue weighted by Gasteiger charge is 2.41. The van der Waals surface area contributed by atoms with Crippen LogP contribution in [-0.2, 0) is 9.59 Å². The van der Waals surface area contributed by atoms with E-state index >= 15 is 0 Å². The van der Waals surface area contributed by atoms with Crippen molar-refractivity contribution in [2.24, 2.45) is 0 Å². The molecule has 0 aromatic heterocycles. The maximum Gasteiger partial charge on any atom is 0.272 e. The van der Waals surface area contributed by atoms with E-state index in [0.29, 0.717) is 26.2 Å². The Kier molecular flexibility index (Phi) is 5.74. The molecule has 2 amide bonds. The number of carbonyl (C=O) groups is 2. The molecule has 30 heavy (non-hydrogen) atoms. The van der Waals surface area contributed by atoms with Crippen molar-refractivity contribution in [3.63, 3.8) is 0 Å². The summed E-state index contributed by atoms with van der Waals surface area (Å²) in [6.07, 6.45) is 0. The number of aryl methyl sites for hydroxylation is 2. The van der Waals surface area contributed by atoms with E-state index < -0.39 is 0 Å². The van der Waals surface area contributed by atoms with Crippen LogP contribution in [0.25, 0.3) is 5.57 Å². The lowest BCUT2D eigenvalue weighted by molar-refractivity contribution is -0.119. The molecule has 0 saturated carbocycles. The Hall–Kier alpha value is -2.53. The molecule has 3 aromatic rings. The standard InChI is InChI=1S/C24H17Cl2NO2S/c1-14-8-9-20(15(2)10-14)21-22(30-19-6-4-3-5-7-19)24(29)27(23(21)28)18-12-16(25)11-17(26)13-18/h3-13H,1-2H3. The number of halogens is 2. The number of amides is 2. The normalized spacial score (nSPS) is 14.1. The molecule has 3 aromatic carbocycles. The van der Waals surface area contributed by atoms with Crippen LogP contribution in [0.4, 0.5) is 5.69 Å². The van der Waals surface area contributed by atoms with Gasteiger partial charge in [0.2, 0.25) is 0 Å². The zero-order chi connectivity index (χ0) is 21.4. The number of anilines is 1. The van der Waals surface area contributed by atoms with Gasteiger partial charge < -0.3 is 0 Å². The second kappa shape index (κ2) is 8.31. The molecule has 0 spiro atoms. The molecular formula is C24H17Cl2NO2S. The molecule has 0 bridgehead atoms. The minimum atomic E-state index is -0.387. The summed E-state index contributed by atoms with van der Waals surface area (Å²) in [4.78, 5) is 29.4. The Balaban J connectivity index is 1.88. The van der Waals surface area contributed by atoms with Gasteiger partial charge in [-0.05, 0) is 55.3 Å². The molecular weight excluding hydrogens is 437 g/mol. The average Bonchev–Trinajstić information content (AvgIpc) is 2.92. The summed E-state index contributed by atoms with van der Waals surface area (Å²) < 4.78 is 0. The zero-order valence-electron chi connectivity index (χ0n) is 16.3. The maximum absolute atomic E-state index is 13.5. The Morgan fingerprint density at radius 2 is 1.47 bits per heavy atom. The third-order valence-corrected chi connectivity index (χ3v) is 6.29. The highest BCUT2D eigenvalue weighted by atomic mass is 35.5. The molecule has 0 radical (unpaired) electrons. The third kappa shape index (κ3) is 3.91. The van der Waals surface area contributed by atoms with Crippen LogP contribution in [0.5, 0.6) is 0 Å². The fourth-order valence-corrected chi connectivity index (χ4v) is 4.97. The smallest absolute Gasteiger partial charge is 0.268 e. The molecule has 0 fully saturated rings. The van der Waals surface area contributed by atoms with E-state index in [1.54, 1.807) is 18.2 Å². The van der Waals surface area contributed by atoms with Crippen LogP contribution in [0, 0.1) is 13.8 Å². The molecule has 1 heterocycles. The van der Waals surface area contributed by atoms with Crippen LogP contribution >= 0.6 is 35.0 Å². The van der Waals surface area contributed by atoms with Gasteiger partial charge in [-0.25, -0.2) is 4.90 Å². The molecule has 0 aliphatic carbocycles. The van der Waals surface area contributed by atoms with Gasteiger partial charge in [0.1, 0.15) is 0 Å². The highest BCUT2D eigenvalue weighted by Crippen LogP contribution is 2.42. The SMILES string of the molecule is Cc1ccc(C2=C(Sc3ccccc3)C(=O)N(c3cc(Cl)cc(Cl)c3)C2=O)c(C)c1. The lowest BCUT2D eigenvalue weighted by Gasteiger charge is -2.16. The van der Waals surface area contributed by atoms with E-state index in [4.69, 9.17) is 23.2 Å². The van der Waals surface area contributed by atoms with E-state index in [0.717, 1.165) is 26.5 Å². The van der Waals surface area contributed by atoms with Gasteiger partial charge in [-0.2, -0.15) is 0 Å². The molecule has 0 atom stereocenters. The van der Waals surface area contributed by atoms with Gasteiger partial charge in [0.15, 0.2) is 0 Å². The maximum atomic E-state index is 13.5. The summed E-state index contributed by atoms with van der Waals surface area (Å²) in [5, 5.41) is 0.714. The van der Waals surface area contributed by atoms with Gasteiger partial charge in [0, 0.05) is 14.9 Å². The topological polar surface area (TPSA) is 37.4 Å². The highest BCUT2D eigenvalue weighted by molar-refractivity contribution is 8.04. The van der Waals surface area contributed by atoms with Crippen molar-refractivity contribution < 1.29 is 9.59 Å². The minimum Gasteiger partial charge on any atom is -0.268 e. The van der Waals surface area contributed by atoms with Gasteiger partial charge >= 0.3 is 0 Å². The van der Waals surface area contributed by atoms with Crippen LogP contribution in [0.1, 0.15) is 16.7 Å². The first kappa shape index (κ1) is 20.7. The summed E-state index contributed by atoms with van der Waals surface area (Å²) in [5.41, 5.74) is 3.51. The number of thioether (sulfide) groups is 1. The molecule has 0 saturated heterocycles. The largest absolute Gasteiger partial charge is 0.272 e. The van der Waals surface area contributed by atoms with Crippen molar-refractivity contribution in [3.05, 3.63) is 98.4 Å². The van der Waals surface area contributed by atoms with Crippen molar-refractivity contribution in [1.82, 2.24) is 0 Å². The van der Waals surface area contributed by atoms with E-state index in [1.807, 2.05) is 62.4 Å². The second-order valence-corrected chi connectivity index (χ2v) is 8.97. The summed E-state index contributed by atoms with van der Waals surface area (Å²) in [6.45, 7) is 3.93. The van der Waals surface area contributed by atoms with E-state index in [-0.39, 0.29) is 11.8 Å². The summed E-state index contributed by atoms with van der Waals surface area (Å²) >= 11 is 13.6. The Bertz CT molecular complexity index is 1180. The first-order chi connectivity index (χ1) is 14.3. The van der Waals surface area contributed by atoms with Gasteiger partial charge in [-0.3, -0.25) is 9.59 Å². The van der Waals surface area contributed by atoms with Crippen molar-refractivity contribution in [2.75, 3.05) is 4.90 Å². The quantitative estimate of drug-likeness (QED) is 0.413. The van der Waals surface area contributed by atoms with E-state index in [2.05, 4.69) is 0 Å². The molecule has 1 aliphatic rings. The Morgan fingerprint density at radius 3 is 2.10 bits per heavy atom. The van der Waals surface area contributed by atoms with Crippen LogP contribution in [0.15, 0.2) is 76.5 Å². The third-order valence-electron chi connectivity index (χ3n) is 4.76. The second-order valence-electron chi connectivity index (χ2n) is 7.01. The van der Waals surface area contributed by atoms with Crippen molar-refractivity contribution in [3.8, 4) is 0 Å². The van der Waals surface area contributed by atoms with Crippen LogP contribution < -0.4 is 4.90 Å². The van der Waals surface area contributed by atoms with Gasteiger partial charge in [-0.15, -0.1) is 0 Å². The summed E-state index contributed by atoms with van der Waals surface area (Å²) in [7, 11) is 0. The number of hydrogen-bond acceptors (Lipinski definition) is 3. The molecule has 0 N–H and O–H groups in total. The van der Waals surface area contributed by atoms with Crippen molar-refractivity contribution in [2.45, 2.75) is 18.7 Å². The monoisotopic (exact) mass is 453 g/mol. The van der Waals surface area contributed by atoms with Crippen LogP contribution in [0.2, 0.25) is 10.0 Å². The molecule has 0 unspecified atom stereocenters. The number of nitrogens with zero attached hydrogens (tertiary/aromatic N) is 1. The number of carbonyl (C=O) groups excluding carboxylic acids is 2. The number of rotatable bonds is 4. The Labute approximate surface area is 189 Å². The van der Waals surface area contributed by atoms with Gasteiger partial charge in [0.25, 0.3) is 11.8 Å². The molecule has 6 heteroatoms. The predicted molar refractivity (Wildman–Crippen MR) is 124 cm³/mol. The summed E-state index contributed by atoms with van der Waals surface area (Å²) in [6, 6.07) is 20.1. The molecule has 1 aliphatic heterocycles. The van der Waals surface area contributed by atoms with Crippen molar-refractivity contribution >= 4 is 58.0 Å². The number of benzene rings is 3. The van der Waals surface area contributed by atoms with Crippen molar-refractivity contribution in [1.29, 1.82) is 0 Å². The van der Waals surface area contributed by atoms with E-state index in [1.165, 1.54) is 11.8 Å². The molecule has 4 rings (SSSR count). The Morgan fingerprint density at radius 1 is 0.800 bits per heavy atom. The molecule has 3 nitrogen and oxygen atoms in total. The van der Waals surface area contributed by atoms with Gasteiger partial charge in [0.05, 0.1) is 16.2 Å².